The number of rotatable bonds is 5. The zero-order chi connectivity index (χ0) is 17.7. The Morgan fingerprint density at radius 2 is 1.88 bits per heavy atom. The minimum Gasteiger partial charge on any atom is -0.497 e. The average Bonchev–Trinajstić information content (AvgIpc) is 2.58. The maximum Gasteiger partial charge on any atom is 0.249 e. The van der Waals surface area contributed by atoms with E-state index in [1.54, 1.807) is 55.5 Å². The van der Waals surface area contributed by atoms with Crippen LogP contribution >= 0.6 is 11.6 Å². The number of carbonyl (C=O) groups is 2. The number of hydrogen-bond donors (Lipinski definition) is 1. The molecule has 2 aromatic carbocycles. The molecule has 5 nitrogen and oxygen atoms in total. The number of methoxy groups -OCH3 is 1. The maximum absolute atomic E-state index is 12.5. The molecular weight excluding hydrogens is 328 g/mol. The molecule has 0 aromatic heterocycles. The van der Waals surface area contributed by atoms with Crippen molar-refractivity contribution in [3.8, 4) is 11.8 Å². The van der Waals surface area contributed by atoms with E-state index in [0.717, 1.165) is 0 Å². The largest absolute Gasteiger partial charge is 0.497 e. The van der Waals surface area contributed by atoms with Gasteiger partial charge in [-0.1, -0.05) is 23.7 Å². The Balaban J connectivity index is 2.20. The first-order valence-corrected chi connectivity index (χ1v) is 7.49. The molecule has 0 aliphatic carbocycles. The monoisotopic (exact) mass is 342 g/mol. The van der Waals surface area contributed by atoms with Crippen molar-refractivity contribution in [3.63, 3.8) is 0 Å². The summed E-state index contributed by atoms with van der Waals surface area (Å²) in [4.78, 5) is 24.8. The number of nitrogens with one attached hydrogen (secondary N) is 1. The zero-order valence-electron chi connectivity index (χ0n) is 13.2. The summed E-state index contributed by atoms with van der Waals surface area (Å²) < 4.78 is 5.03. The van der Waals surface area contributed by atoms with Crippen LogP contribution in [-0.4, -0.2) is 18.8 Å². The molecule has 0 bridgehead atoms. The fraction of sp³-hybridized carbons (Fsp3) is 0.167. The van der Waals surface area contributed by atoms with Crippen LogP contribution in [0.5, 0.6) is 5.75 Å². The van der Waals surface area contributed by atoms with Gasteiger partial charge in [0.15, 0.2) is 11.7 Å². The molecule has 2 aromatic rings. The minimum absolute atomic E-state index is 0.263. The molecule has 0 heterocycles. The summed E-state index contributed by atoms with van der Waals surface area (Å²) in [5, 5.41) is 12.2. The highest BCUT2D eigenvalue weighted by atomic mass is 35.5. The van der Waals surface area contributed by atoms with E-state index in [9.17, 15) is 14.9 Å². The van der Waals surface area contributed by atoms with Crippen LogP contribution in [0.2, 0.25) is 5.02 Å². The first-order chi connectivity index (χ1) is 11.5. The molecule has 0 radical (unpaired) electrons. The van der Waals surface area contributed by atoms with E-state index in [4.69, 9.17) is 16.3 Å². The summed E-state index contributed by atoms with van der Waals surface area (Å²) in [6.07, 6.45) is 0. The van der Waals surface area contributed by atoms with Crippen LogP contribution in [0, 0.1) is 24.2 Å². The molecule has 24 heavy (non-hydrogen) atoms. The molecule has 1 N–H and O–H groups in total. The summed E-state index contributed by atoms with van der Waals surface area (Å²) in [6.45, 7) is 1.67. The number of carbonyl (C=O) groups excluding carboxylic acids is 2. The number of anilines is 1. The molecule has 1 amide bonds. The van der Waals surface area contributed by atoms with Crippen LogP contribution in [0.1, 0.15) is 15.9 Å². The summed E-state index contributed by atoms with van der Waals surface area (Å²) in [6, 6.07) is 13.1. The van der Waals surface area contributed by atoms with Crippen molar-refractivity contribution in [2.75, 3.05) is 12.4 Å². The normalized spacial score (nSPS) is 11.2. The third-order valence-electron chi connectivity index (χ3n) is 3.54. The van der Waals surface area contributed by atoms with E-state index in [0.29, 0.717) is 22.0 Å². The third-order valence-corrected chi connectivity index (χ3v) is 3.95. The molecule has 122 valence electrons. The van der Waals surface area contributed by atoms with Gasteiger partial charge in [-0.2, -0.15) is 5.26 Å². The lowest BCUT2D eigenvalue weighted by Gasteiger charge is -2.12. The summed E-state index contributed by atoms with van der Waals surface area (Å²) >= 11 is 6.00. The molecule has 2 rings (SSSR count). The van der Waals surface area contributed by atoms with Gasteiger partial charge in [-0.3, -0.25) is 9.59 Å². The average molecular weight is 343 g/mol. The second-order valence-corrected chi connectivity index (χ2v) is 5.46. The van der Waals surface area contributed by atoms with E-state index < -0.39 is 17.6 Å². The fourth-order valence-electron chi connectivity index (χ4n) is 2.16. The summed E-state index contributed by atoms with van der Waals surface area (Å²) in [5.41, 5.74) is 1.28. The Hall–Kier alpha value is -2.84. The highest BCUT2D eigenvalue weighted by molar-refractivity contribution is 6.32. The van der Waals surface area contributed by atoms with Crippen LogP contribution < -0.4 is 10.1 Å². The number of hydrogen-bond acceptors (Lipinski definition) is 4. The molecule has 0 unspecified atom stereocenters. The Labute approximate surface area is 144 Å². The predicted octanol–water partition coefficient (Wildman–Crippen LogP) is 3.62. The second-order valence-electron chi connectivity index (χ2n) is 5.06. The van der Waals surface area contributed by atoms with Crippen molar-refractivity contribution in [2.24, 2.45) is 5.92 Å². The standard InChI is InChI=1S/C18H15ClN2O3/c1-11-14(4-3-5-16(11)19)17(22)15(10-20)18(23)21-12-6-8-13(24-2)9-7-12/h3-9,15H,1-2H3,(H,21,23)/t15-/m0/s1. The van der Waals surface area contributed by atoms with Crippen molar-refractivity contribution in [2.45, 2.75) is 6.92 Å². The summed E-state index contributed by atoms with van der Waals surface area (Å²) in [5.74, 6) is -2.09. The Kier molecular flexibility index (Phi) is 5.56. The van der Waals surface area contributed by atoms with Gasteiger partial charge < -0.3 is 10.1 Å². The van der Waals surface area contributed by atoms with Gasteiger partial charge in [-0.25, -0.2) is 0 Å². The molecule has 0 saturated carbocycles. The first-order valence-electron chi connectivity index (χ1n) is 7.11. The number of benzene rings is 2. The van der Waals surface area contributed by atoms with Crippen LogP contribution in [0.15, 0.2) is 42.5 Å². The van der Waals surface area contributed by atoms with Gasteiger partial charge in [0.05, 0.1) is 13.2 Å². The molecule has 1 atom stereocenters. The molecule has 0 fully saturated rings. The van der Waals surface area contributed by atoms with E-state index in [2.05, 4.69) is 5.32 Å². The number of amides is 1. The minimum atomic E-state index is -1.45. The SMILES string of the molecule is COc1ccc(NC(=O)[C@@H](C#N)C(=O)c2cccc(Cl)c2C)cc1. The van der Waals surface area contributed by atoms with E-state index in [1.165, 1.54) is 7.11 Å². The van der Waals surface area contributed by atoms with E-state index in [-0.39, 0.29) is 5.56 Å². The van der Waals surface area contributed by atoms with Gasteiger partial charge in [-0.05, 0) is 42.8 Å². The van der Waals surface area contributed by atoms with Crippen molar-refractivity contribution in [1.82, 2.24) is 0 Å². The van der Waals surface area contributed by atoms with Gasteiger partial charge in [0.1, 0.15) is 5.75 Å². The van der Waals surface area contributed by atoms with Crippen LogP contribution in [0.25, 0.3) is 0 Å². The molecule has 0 aliphatic heterocycles. The predicted molar refractivity (Wildman–Crippen MR) is 91.2 cm³/mol. The van der Waals surface area contributed by atoms with Crippen LogP contribution in [0.3, 0.4) is 0 Å². The van der Waals surface area contributed by atoms with Crippen molar-refractivity contribution >= 4 is 29.0 Å². The fourth-order valence-corrected chi connectivity index (χ4v) is 2.33. The Bertz CT molecular complexity index is 810. The highest BCUT2D eigenvalue weighted by Gasteiger charge is 2.29. The molecule has 6 heteroatoms. The number of nitrogens with zero attached hydrogens (tertiary/aromatic N) is 1. The maximum atomic E-state index is 12.5. The zero-order valence-corrected chi connectivity index (χ0v) is 13.9. The Morgan fingerprint density at radius 3 is 2.46 bits per heavy atom. The van der Waals surface area contributed by atoms with Crippen LogP contribution in [-0.2, 0) is 4.79 Å². The smallest absolute Gasteiger partial charge is 0.249 e. The quantitative estimate of drug-likeness (QED) is 0.664. The number of ketones is 1. The van der Waals surface area contributed by atoms with Gasteiger partial charge in [0.25, 0.3) is 0 Å². The number of ether oxygens (including phenoxy) is 1. The third kappa shape index (κ3) is 3.73. The van der Waals surface area contributed by atoms with Crippen LogP contribution in [0.4, 0.5) is 5.69 Å². The number of nitriles is 1. The van der Waals surface area contributed by atoms with Gasteiger partial charge >= 0.3 is 0 Å². The van der Waals surface area contributed by atoms with Crippen molar-refractivity contribution < 1.29 is 14.3 Å². The first kappa shape index (κ1) is 17.5. The lowest BCUT2D eigenvalue weighted by atomic mass is 9.94. The van der Waals surface area contributed by atoms with Crippen molar-refractivity contribution in [3.05, 3.63) is 58.6 Å². The lowest BCUT2D eigenvalue weighted by molar-refractivity contribution is -0.117. The lowest BCUT2D eigenvalue weighted by Crippen LogP contribution is -2.29. The van der Waals surface area contributed by atoms with Gasteiger partial charge in [0, 0.05) is 16.3 Å². The van der Waals surface area contributed by atoms with Gasteiger partial charge in [0.2, 0.25) is 5.91 Å². The molecular formula is C18H15ClN2O3. The topological polar surface area (TPSA) is 79.2 Å². The highest BCUT2D eigenvalue weighted by Crippen LogP contribution is 2.22. The van der Waals surface area contributed by atoms with Crippen molar-refractivity contribution in [1.29, 1.82) is 5.26 Å². The second kappa shape index (κ2) is 7.62. The van der Waals surface area contributed by atoms with E-state index in [1.807, 2.05) is 0 Å². The summed E-state index contributed by atoms with van der Waals surface area (Å²) in [7, 11) is 1.53. The number of Topliss-reactive ketones (excluding diaryl/α,β-unsaturated/α-hetero) is 1. The Morgan fingerprint density at radius 1 is 1.21 bits per heavy atom. The number of halogens is 1. The molecule has 0 spiro atoms. The molecule has 0 aliphatic rings. The molecule has 0 saturated heterocycles. The van der Waals surface area contributed by atoms with Gasteiger partial charge in [-0.15, -0.1) is 0 Å². The van der Waals surface area contributed by atoms with E-state index >= 15 is 0 Å².